The Kier molecular flexibility index (Phi) is 5.76. The summed E-state index contributed by atoms with van der Waals surface area (Å²) >= 11 is 2.05. The van der Waals surface area contributed by atoms with Crippen LogP contribution in [-0.4, -0.2) is 47.8 Å². The fourth-order valence-corrected chi connectivity index (χ4v) is 3.58. The standard InChI is InChI=1S/C17H17BIN3O4/c1-9(23)26-16-2-3-20-15(16)4-10(24)7-22-8-21-14-6-12(18)13(19)5-11(14)17(22)25/h5-6,8,15-16,20H,2-4,7H2,1H3. The number of ketones is 1. The molecule has 1 aliphatic heterocycles. The molecular formula is C17H17BIN3O4. The van der Waals surface area contributed by atoms with Crippen LogP contribution in [0, 0.1) is 3.57 Å². The molecule has 0 spiro atoms. The van der Waals surface area contributed by atoms with Gasteiger partial charge in [-0.25, -0.2) is 4.98 Å². The number of carbonyl (C=O) groups is 2. The predicted octanol–water partition coefficient (Wildman–Crippen LogP) is 0.0477. The van der Waals surface area contributed by atoms with E-state index in [0.29, 0.717) is 29.3 Å². The SMILES string of the molecule is [B]c1cc2ncn(CC(=O)CC3NCCC3OC(C)=O)c(=O)c2cc1I. The number of hydrogen-bond donors (Lipinski definition) is 1. The van der Waals surface area contributed by atoms with E-state index >= 15 is 0 Å². The fourth-order valence-electron chi connectivity index (χ4n) is 3.11. The lowest BCUT2D eigenvalue weighted by Gasteiger charge is -2.18. The Hall–Kier alpha value is -1.75. The zero-order valence-corrected chi connectivity index (χ0v) is 16.4. The number of nitrogens with zero attached hydrogens (tertiary/aromatic N) is 2. The summed E-state index contributed by atoms with van der Waals surface area (Å²) in [6.45, 7) is 1.96. The second-order valence-corrected chi connectivity index (χ2v) is 7.47. The van der Waals surface area contributed by atoms with Gasteiger partial charge in [0.2, 0.25) is 0 Å². The molecule has 0 bridgehead atoms. The highest BCUT2D eigenvalue weighted by atomic mass is 127. The van der Waals surface area contributed by atoms with E-state index in [1.807, 2.05) is 0 Å². The first-order chi connectivity index (χ1) is 12.3. The van der Waals surface area contributed by atoms with Crippen LogP contribution in [0.4, 0.5) is 0 Å². The van der Waals surface area contributed by atoms with Crippen molar-refractivity contribution in [3.05, 3.63) is 32.4 Å². The second kappa shape index (κ2) is 7.87. The average molecular weight is 465 g/mol. The van der Waals surface area contributed by atoms with Gasteiger partial charge < -0.3 is 10.1 Å². The minimum absolute atomic E-state index is 0.0757. The van der Waals surface area contributed by atoms with E-state index < -0.39 is 0 Å². The maximum atomic E-state index is 12.6. The van der Waals surface area contributed by atoms with Gasteiger partial charge in [-0.3, -0.25) is 19.0 Å². The number of esters is 1. The molecule has 7 nitrogen and oxygen atoms in total. The van der Waals surface area contributed by atoms with Crippen LogP contribution in [0.25, 0.3) is 10.9 Å². The van der Waals surface area contributed by atoms with E-state index in [2.05, 4.69) is 32.9 Å². The van der Waals surface area contributed by atoms with Gasteiger partial charge in [0.15, 0.2) is 5.78 Å². The molecule has 2 heterocycles. The van der Waals surface area contributed by atoms with Crippen molar-refractivity contribution >= 4 is 58.6 Å². The van der Waals surface area contributed by atoms with Crippen LogP contribution in [-0.2, 0) is 20.9 Å². The van der Waals surface area contributed by atoms with Crippen LogP contribution >= 0.6 is 22.6 Å². The Labute approximate surface area is 165 Å². The number of benzene rings is 1. The third-order valence-corrected chi connectivity index (χ3v) is 5.27. The number of ether oxygens (including phenoxy) is 1. The number of hydrogen-bond acceptors (Lipinski definition) is 6. The molecule has 26 heavy (non-hydrogen) atoms. The zero-order chi connectivity index (χ0) is 18.8. The van der Waals surface area contributed by atoms with Crippen molar-refractivity contribution in [3.63, 3.8) is 0 Å². The van der Waals surface area contributed by atoms with Crippen molar-refractivity contribution in [1.29, 1.82) is 0 Å². The summed E-state index contributed by atoms with van der Waals surface area (Å²) in [5, 5.41) is 3.60. The maximum absolute atomic E-state index is 12.6. The van der Waals surface area contributed by atoms with Crippen molar-refractivity contribution in [1.82, 2.24) is 14.9 Å². The van der Waals surface area contributed by atoms with Crippen molar-refractivity contribution < 1.29 is 14.3 Å². The van der Waals surface area contributed by atoms with Crippen molar-refractivity contribution in [3.8, 4) is 0 Å². The minimum Gasteiger partial charge on any atom is -0.461 e. The normalized spacial score (nSPS) is 19.6. The van der Waals surface area contributed by atoms with E-state index in [0.717, 1.165) is 3.57 Å². The Morgan fingerprint density at radius 1 is 1.46 bits per heavy atom. The van der Waals surface area contributed by atoms with Gasteiger partial charge in [-0.1, -0.05) is 5.46 Å². The predicted molar refractivity (Wildman–Crippen MR) is 106 cm³/mol. The van der Waals surface area contributed by atoms with Crippen LogP contribution < -0.4 is 16.3 Å². The van der Waals surface area contributed by atoms with Gasteiger partial charge in [0.05, 0.1) is 29.8 Å². The van der Waals surface area contributed by atoms with E-state index in [1.165, 1.54) is 17.8 Å². The van der Waals surface area contributed by atoms with Crippen LogP contribution in [0.5, 0.6) is 0 Å². The Morgan fingerprint density at radius 2 is 2.23 bits per heavy atom. The molecule has 2 aromatic rings. The summed E-state index contributed by atoms with van der Waals surface area (Å²) in [7, 11) is 5.84. The molecule has 1 aliphatic rings. The van der Waals surface area contributed by atoms with Gasteiger partial charge in [0.25, 0.3) is 5.56 Å². The van der Waals surface area contributed by atoms with E-state index in [-0.39, 0.29) is 42.4 Å². The molecule has 0 aliphatic carbocycles. The molecular weight excluding hydrogens is 448 g/mol. The zero-order valence-electron chi connectivity index (χ0n) is 14.2. The molecule has 1 saturated heterocycles. The summed E-state index contributed by atoms with van der Waals surface area (Å²) in [6, 6.07) is 3.10. The van der Waals surface area contributed by atoms with Crippen molar-refractivity contribution in [2.24, 2.45) is 0 Å². The summed E-state index contributed by atoms with van der Waals surface area (Å²) in [4.78, 5) is 40.4. The smallest absolute Gasteiger partial charge is 0.302 e. The topological polar surface area (TPSA) is 90.3 Å². The van der Waals surface area contributed by atoms with Gasteiger partial charge in [0, 0.05) is 16.9 Å². The molecule has 2 atom stereocenters. The van der Waals surface area contributed by atoms with Gasteiger partial charge in [0.1, 0.15) is 14.0 Å². The summed E-state index contributed by atoms with van der Waals surface area (Å²) in [5.74, 6) is -0.491. The summed E-state index contributed by atoms with van der Waals surface area (Å²) in [5.41, 5.74) is 0.781. The molecule has 3 rings (SSSR count). The highest BCUT2D eigenvalue weighted by molar-refractivity contribution is 14.1. The lowest BCUT2D eigenvalue weighted by Crippen LogP contribution is -2.36. The van der Waals surface area contributed by atoms with Gasteiger partial charge in [-0.15, -0.1) is 0 Å². The first-order valence-corrected chi connectivity index (χ1v) is 9.29. The van der Waals surface area contributed by atoms with Gasteiger partial charge in [-0.2, -0.15) is 0 Å². The number of carbonyl (C=O) groups excluding carboxylic acids is 2. The van der Waals surface area contributed by atoms with Crippen molar-refractivity contribution in [2.75, 3.05) is 6.54 Å². The molecule has 1 fully saturated rings. The average Bonchev–Trinajstić information content (AvgIpc) is 2.98. The molecule has 0 amide bonds. The molecule has 1 N–H and O–H groups in total. The third kappa shape index (κ3) is 4.14. The Bertz CT molecular complexity index is 930. The lowest BCUT2D eigenvalue weighted by molar-refractivity contribution is -0.147. The van der Waals surface area contributed by atoms with Crippen LogP contribution in [0.1, 0.15) is 19.8 Å². The lowest BCUT2D eigenvalue weighted by atomic mass is 9.95. The third-order valence-electron chi connectivity index (χ3n) is 4.34. The quantitative estimate of drug-likeness (QED) is 0.382. The number of fused-ring (bicyclic) bond motifs is 1. The summed E-state index contributed by atoms with van der Waals surface area (Å²) in [6.07, 6.45) is 1.91. The Morgan fingerprint density at radius 3 is 2.96 bits per heavy atom. The number of halogens is 1. The first kappa shape index (κ1) is 19.0. The first-order valence-electron chi connectivity index (χ1n) is 8.21. The van der Waals surface area contributed by atoms with Crippen LogP contribution in [0.2, 0.25) is 0 Å². The molecule has 1 aromatic carbocycles. The molecule has 0 saturated carbocycles. The minimum atomic E-state index is -0.361. The molecule has 1 aromatic heterocycles. The number of Topliss-reactive ketones (excluding diaryl/α,β-unsaturated/α-hetero) is 1. The van der Waals surface area contributed by atoms with Crippen LogP contribution in [0.15, 0.2) is 23.3 Å². The van der Waals surface area contributed by atoms with Crippen molar-refractivity contribution in [2.45, 2.75) is 38.5 Å². The highest BCUT2D eigenvalue weighted by Crippen LogP contribution is 2.15. The van der Waals surface area contributed by atoms with Gasteiger partial charge >= 0.3 is 5.97 Å². The maximum Gasteiger partial charge on any atom is 0.302 e. The molecule has 134 valence electrons. The van der Waals surface area contributed by atoms with E-state index in [9.17, 15) is 14.4 Å². The van der Waals surface area contributed by atoms with Crippen LogP contribution in [0.3, 0.4) is 0 Å². The highest BCUT2D eigenvalue weighted by Gasteiger charge is 2.31. The molecule has 2 unspecified atom stereocenters. The number of aromatic nitrogens is 2. The number of nitrogens with one attached hydrogen (secondary N) is 1. The molecule has 2 radical (unpaired) electrons. The largest absolute Gasteiger partial charge is 0.461 e. The summed E-state index contributed by atoms with van der Waals surface area (Å²) < 4.78 is 7.29. The fraction of sp³-hybridized carbons (Fsp3) is 0.412. The van der Waals surface area contributed by atoms with E-state index in [1.54, 1.807) is 12.1 Å². The van der Waals surface area contributed by atoms with Gasteiger partial charge in [-0.05, 0) is 47.7 Å². The second-order valence-electron chi connectivity index (χ2n) is 6.31. The van der Waals surface area contributed by atoms with E-state index in [4.69, 9.17) is 12.6 Å². The monoisotopic (exact) mass is 465 g/mol. The Balaban J connectivity index is 1.75. The number of rotatable bonds is 5. The molecule has 9 heteroatoms.